The molecule has 1 aromatic carbocycles. The molecule has 0 saturated carbocycles. The van der Waals surface area contributed by atoms with Gasteiger partial charge in [-0.3, -0.25) is 10.1 Å². The van der Waals surface area contributed by atoms with E-state index in [-0.39, 0.29) is 0 Å². The molecule has 0 spiro atoms. The Bertz CT molecular complexity index is 340. The van der Waals surface area contributed by atoms with Gasteiger partial charge in [-0.1, -0.05) is 6.07 Å². The number of carbonyl (C=O) groups excluding carboxylic acids is 1. The second-order valence-corrected chi connectivity index (χ2v) is 2.18. The molecule has 4 heteroatoms. The molecule has 60 valence electrons. The summed E-state index contributed by atoms with van der Waals surface area (Å²) in [7, 11) is 0. The van der Waals surface area contributed by atoms with Crippen molar-refractivity contribution in [2.24, 2.45) is 5.73 Å². The third-order valence-electron chi connectivity index (χ3n) is 1.35. The van der Waals surface area contributed by atoms with Crippen molar-refractivity contribution < 1.29 is 4.79 Å². The standard InChI is InChI=1S/C8H7N3O/c9-5-11-7-3-1-2-6(4-7)8(10)12/h1-4,11H,(H2,10,12). The summed E-state index contributed by atoms with van der Waals surface area (Å²) in [5.74, 6) is -0.503. The molecule has 0 heterocycles. The van der Waals surface area contributed by atoms with Gasteiger partial charge in [0.25, 0.3) is 0 Å². The number of benzene rings is 1. The van der Waals surface area contributed by atoms with Gasteiger partial charge in [-0.25, -0.2) is 0 Å². The minimum Gasteiger partial charge on any atom is -0.366 e. The number of hydrogen-bond acceptors (Lipinski definition) is 3. The summed E-state index contributed by atoms with van der Waals surface area (Å²) in [5.41, 5.74) is 5.98. The molecule has 3 N–H and O–H groups in total. The normalized spacial score (nSPS) is 8.58. The minimum absolute atomic E-state index is 0.384. The van der Waals surface area contributed by atoms with Gasteiger partial charge in [0.15, 0.2) is 6.19 Å². The van der Waals surface area contributed by atoms with E-state index in [0.29, 0.717) is 11.3 Å². The van der Waals surface area contributed by atoms with Crippen molar-refractivity contribution >= 4 is 11.6 Å². The Morgan fingerprint density at radius 3 is 2.92 bits per heavy atom. The second kappa shape index (κ2) is 3.39. The van der Waals surface area contributed by atoms with E-state index in [1.54, 1.807) is 24.4 Å². The third kappa shape index (κ3) is 1.73. The summed E-state index contributed by atoms with van der Waals surface area (Å²) in [5, 5.41) is 10.7. The highest BCUT2D eigenvalue weighted by atomic mass is 16.1. The van der Waals surface area contributed by atoms with E-state index in [0.717, 1.165) is 0 Å². The molecule has 0 radical (unpaired) electrons. The van der Waals surface area contributed by atoms with Crippen molar-refractivity contribution in [3.05, 3.63) is 29.8 Å². The summed E-state index contributed by atoms with van der Waals surface area (Å²) in [6.07, 6.45) is 1.75. The number of anilines is 1. The zero-order valence-corrected chi connectivity index (χ0v) is 6.24. The lowest BCUT2D eigenvalue weighted by Gasteiger charge is -1.98. The number of amides is 1. The average molecular weight is 161 g/mol. The first-order valence-corrected chi connectivity index (χ1v) is 3.29. The number of primary amides is 1. The van der Waals surface area contributed by atoms with Crippen LogP contribution in [0.25, 0.3) is 0 Å². The number of carbonyl (C=O) groups is 1. The molecule has 1 rings (SSSR count). The maximum Gasteiger partial charge on any atom is 0.248 e. The zero-order valence-electron chi connectivity index (χ0n) is 6.24. The highest BCUT2D eigenvalue weighted by Crippen LogP contribution is 2.08. The molecule has 0 fully saturated rings. The van der Waals surface area contributed by atoms with Crippen molar-refractivity contribution in [1.82, 2.24) is 0 Å². The monoisotopic (exact) mass is 161 g/mol. The van der Waals surface area contributed by atoms with Crippen molar-refractivity contribution in [1.29, 1.82) is 5.26 Å². The van der Waals surface area contributed by atoms with E-state index >= 15 is 0 Å². The number of nitrogens with one attached hydrogen (secondary N) is 1. The van der Waals surface area contributed by atoms with E-state index in [4.69, 9.17) is 11.0 Å². The average Bonchev–Trinajstić information content (AvgIpc) is 2.05. The number of nitrogens with two attached hydrogens (primary N) is 1. The topological polar surface area (TPSA) is 78.9 Å². The first-order chi connectivity index (χ1) is 5.74. The van der Waals surface area contributed by atoms with Crippen LogP contribution in [0.1, 0.15) is 10.4 Å². The van der Waals surface area contributed by atoms with E-state index in [2.05, 4.69) is 5.32 Å². The summed E-state index contributed by atoms with van der Waals surface area (Å²) < 4.78 is 0. The number of nitriles is 1. The van der Waals surface area contributed by atoms with Gasteiger partial charge in [0.1, 0.15) is 0 Å². The minimum atomic E-state index is -0.503. The Balaban J connectivity index is 2.97. The van der Waals surface area contributed by atoms with Crippen LogP contribution in [-0.4, -0.2) is 5.91 Å². The summed E-state index contributed by atoms with van der Waals surface area (Å²) >= 11 is 0. The predicted molar refractivity (Wildman–Crippen MR) is 44.2 cm³/mol. The van der Waals surface area contributed by atoms with Crippen LogP contribution in [0, 0.1) is 11.5 Å². The van der Waals surface area contributed by atoms with Gasteiger partial charge in [-0.05, 0) is 18.2 Å². The number of rotatable bonds is 2. The first kappa shape index (κ1) is 8.08. The lowest BCUT2D eigenvalue weighted by Crippen LogP contribution is -2.10. The summed E-state index contributed by atoms with van der Waals surface area (Å²) in [6, 6.07) is 6.44. The highest BCUT2D eigenvalue weighted by Gasteiger charge is 1.99. The van der Waals surface area contributed by atoms with Gasteiger partial charge in [-0.2, -0.15) is 5.26 Å². The maximum absolute atomic E-state index is 10.7. The molecule has 1 amide bonds. The van der Waals surface area contributed by atoms with Gasteiger partial charge < -0.3 is 5.73 Å². The van der Waals surface area contributed by atoms with Crippen molar-refractivity contribution in [3.8, 4) is 6.19 Å². The molecule has 0 saturated heterocycles. The van der Waals surface area contributed by atoms with Gasteiger partial charge in [0.2, 0.25) is 5.91 Å². The van der Waals surface area contributed by atoms with Crippen LogP contribution in [0.15, 0.2) is 24.3 Å². The van der Waals surface area contributed by atoms with Crippen LogP contribution in [0.4, 0.5) is 5.69 Å². The van der Waals surface area contributed by atoms with Crippen molar-refractivity contribution in [2.75, 3.05) is 5.32 Å². The lowest BCUT2D eigenvalue weighted by atomic mass is 10.2. The molecular weight excluding hydrogens is 154 g/mol. The molecule has 0 aliphatic carbocycles. The first-order valence-electron chi connectivity index (χ1n) is 3.29. The summed E-state index contributed by atoms with van der Waals surface area (Å²) in [6.45, 7) is 0. The Morgan fingerprint density at radius 2 is 2.33 bits per heavy atom. The van der Waals surface area contributed by atoms with Crippen LogP contribution in [0.2, 0.25) is 0 Å². The van der Waals surface area contributed by atoms with Gasteiger partial charge >= 0.3 is 0 Å². The molecule has 0 unspecified atom stereocenters. The third-order valence-corrected chi connectivity index (χ3v) is 1.35. The van der Waals surface area contributed by atoms with E-state index in [1.807, 2.05) is 0 Å². The fourth-order valence-corrected chi connectivity index (χ4v) is 0.815. The molecule has 4 nitrogen and oxygen atoms in total. The second-order valence-electron chi connectivity index (χ2n) is 2.18. The quantitative estimate of drug-likeness (QED) is 0.494. The SMILES string of the molecule is N#CNc1cccc(C(N)=O)c1. The molecule has 0 aliphatic rings. The van der Waals surface area contributed by atoms with Gasteiger partial charge in [-0.15, -0.1) is 0 Å². The van der Waals surface area contributed by atoms with Gasteiger partial charge in [0.05, 0.1) is 0 Å². The van der Waals surface area contributed by atoms with Crippen LogP contribution in [-0.2, 0) is 0 Å². The van der Waals surface area contributed by atoms with Crippen molar-refractivity contribution in [3.63, 3.8) is 0 Å². The Morgan fingerprint density at radius 1 is 1.58 bits per heavy atom. The molecule has 0 aromatic heterocycles. The van der Waals surface area contributed by atoms with Crippen molar-refractivity contribution in [2.45, 2.75) is 0 Å². The molecular formula is C8H7N3O. The Labute approximate surface area is 69.6 Å². The van der Waals surface area contributed by atoms with Crippen LogP contribution in [0.5, 0.6) is 0 Å². The van der Waals surface area contributed by atoms with E-state index < -0.39 is 5.91 Å². The molecule has 0 bridgehead atoms. The smallest absolute Gasteiger partial charge is 0.248 e. The Kier molecular flexibility index (Phi) is 2.29. The molecule has 12 heavy (non-hydrogen) atoms. The maximum atomic E-state index is 10.7. The van der Waals surface area contributed by atoms with Gasteiger partial charge in [0, 0.05) is 11.3 Å². The zero-order chi connectivity index (χ0) is 8.97. The molecule has 0 atom stereocenters. The number of nitrogens with zero attached hydrogens (tertiary/aromatic N) is 1. The fourth-order valence-electron chi connectivity index (χ4n) is 0.815. The largest absolute Gasteiger partial charge is 0.366 e. The van der Waals surface area contributed by atoms with Crippen LogP contribution in [0.3, 0.4) is 0 Å². The van der Waals surface area contributed by atoms with E-state index in [1.165, 1.54) is 6.07 Å². The predicted octanol–water partition coefficient (Wildman–Crippen LogP) is 0.678. The Hall–Kier alpha value is -2.02. The fraction of sp³-hybridized carbons (Fsp3) is 0. The lowest BCUT2D eigenvalue weighted by molar-refractivity contribution is 0.100. The number of hydrogen-bond donors (Lipinski definition) is 2. The highest BCUT2D eigenvalue weighted by molar-refractivity contribution is 5.93. The van der Waals surface area contributed by atoms with Crippen LogP contribution < -0.4 is 11.1 Å². The van der Waals surface area contributed by atoms with Crippen LogP contribution >= 0.6 is 0 Å². The molecule has 0 aliphatic heterocycles. The molecule has 1 aromatic rings. The summed E-state index contributed by atoms with van der Waals surface area (Å²) in [4.78, 5) is 10.7. The van der Waals surface area contributed by atoms with E-state index in [9.17, 15) is 4.79 Å².